The molecule has 6 nitrogen and oxygen atoms in total. The number of pyridine rings is 1. The Kier molecular flexibility index (Phi) is 3.49. The number of nitrogens with zero attached hydrogens (tertiary/aromatic N) is 4. The maximum Gasteiger partial charge on any atom is 0.322 e. The molecule has 2 aromatic heterocycles. The van der Waals surface area contributed by atoms with Crippen LogP contribution in [0.1, 0.15) is 30.8 Å². The van der Waals surface area contributed by atoms with Crippen LogP contribution >= 0.6 is 0 Å². The van der Waals surface area contributed by atoms with Gasteiger partial charge in [0.2, 0.25) is 0 Å². The van der Waals surface area contributed by atoms with E-state index in [1.807, 2.05) is 30.0 Å². The van der Waals surface area contributed by atoms with Crippen LogP contribution in [-0.2, 0) is 12.0 Å². The number of benzene rings is 1. The summed E-state index contributed by atoms with van der Waals surface area (Å²) in [6.45, 7) is 7.50. The van der Waals surface area contributed by atoms with Crippen LogP contribution in [0, 0.1) is 6.92 Å². The number of anilines is 1. The van der Waals surface area contributed by atoms with Crippen LogP contribution in [-0.4, -0.2) is 32.1 Å². The number of amides is 2. The van der Waals surface area contributed by atoms with Gasteiger partial charge in [-0.15, -0.1) is 0 Å². The number of nitrogens with one attached hydrogen (secondary N) is 1. The molecule has 0 radical (unpaired) electrons. The van der Waals surface area contributed by atoms with Gasteiger partial charge in [0.1, 0.15) is 5.82 Å². The summed E-state index contributed by atoms with van der Waals surface area (Å²) < 4.78 is 1.68. The molecule has 1 N–H and O–H groups in total. The summed E-state index contributed by atoms with van der Waals surface area (Å²) in [5, 5.41) is 7.27. The molecule has 1 aliphatic rings. The van der Waals surface area contributed by atoms with E-state index in [1.54, 1.807) is 10.7 Å². The van der Waals surface area contributed by atoms with Gasteiger partial charge in [0, 0.05) is 18.5 Å². The first kappa shape index (κ1) is 15.6. The van der Waals surface area contributed by atoms with E-state index in [-0.39, 0.29) is 11.4 Å². The van der Waals surface area contributed by atoms with Gasteiger partial charge in [-0.2, -0.15) is 5.10 Å². The molecule has 4 rings (SSSR count). The zero-order chi connectivity index (χ0) is 17.6. The fraction of sp³-hybridized carbons (Fsp3) is 0.316. The van der Waals surface area contributed by atoms with Gasteiger partial charge >= 0.3 is 6.03 Å². The molecule has 0 bridgehead atoms. The van der Waals surface area contributed by atoms with Crippen LogP contribution in [0.15, 0.2) is 42.6 Å². The van der Waals surface area contributed by atoms with E-state index in [0.29, 0.717) is 24.6 Å². The van der Waals surface area contributed by atoms with E-state index in [4.69, 9.17) is 0 Å². The predicted octanol–water partition coefficient (Wildman–Crippen LogP) is 3.36. The maximum atomic E-state index is 12.8. The third-order valence-corrected chi connectivity index (χ3v) is 4.67. The minimum absolute atomic E-state index is 0.0703. The van der Waals surface area contributed by atoms with Gasteiger partial charge in [0.25, 0.3) is 0 Å². The Bertz CT molecular complexity index is 959. The number of fused-ring (bicyclic) bond motifs is 2. The highest BCUT2D eigenvalue weighted by Gasteiger charge is 2.33. The van der Waals surface area contributed by atoms with Crippen LogP contribution in [0.5, 0.6) is 0 Å². The smallest absolute Gasteiger partial charge is 0.319 e. The summed E-state index contributed by atoms with van der Waals surface area (Å²) >= 11 is 0. The van der Waals surface area contributed by atoms with Gasteiger partial charge in [0.05, 0.1) is 11.9 Å². The first-order chi connectivity index (χ1) is 11.9. The highest BCUT2D eigenvalue weighted by molar-refractivity contribution is 5.89. The fourth-order valence-corrected chi connectivity index (χ4v) is 3.56. The molecule has 0 saturated heterocycles. The average molecular weight is 335 g/mol. The van der Waals surface area contributed by atoms with Crippen LogP contribution < -0.4 is 5.32 Å². The molecule has 0 spiro atoms. The molecule has 1 aliphatic heterocycles. The largest absolute Gasteiger partial charge is 0.322 e. The third-order valence-electron chi connectivity index (χ3n) is 4.67. The van der Waals surface area contributed by atoms with E-state index in [0.717, 1.165) is 5.65 Å². The molecule has 3 heterocycles. The Hall–Kier alpha value is -2.89. The van der Waals surface area contributed by atoms with Crippen molar-refractivity contribution < 1.29 is 4.79 Å². The standard InChI is InChI=1S/C19H21N5O/c1-13-20-17-9-8-15(11-24(17)22-13)21-18(25)23-10-14-6-4-5-7-16(14)19(2,3)12-23/h4-9,11H,10,12H2,1-3H3,(H,21,25). The van der Waals surface area contributed by atoms with Crippen molar-refractivity contribution in [2.45, 2.75) is 32.7 Å². The Balaban J connectivity index is 1.56. The lowest BCUT2D eigenvalue weighted by atomic mass is 9.78. The minimum Gasteiger partial charge on any atom is -0.319 e. The van der Waals surface area contributed by atoms with Crippen molar-refractivity contribution in [3.05, 3.63) is 59.5 Å². The molecule has 3 aromatic rings. The molecular formula is C19H21N5O. The maximum absolute atomic E-state index is 12.8. The molecule has 0 fully saturated rings. The topological polar surface area (TPSA) is 62.5 Å². The number of urea groups is 1. The molecular weight excluding hydrogens is 314 g/mol. The summed E-state index contributed by atoms with van der Waals surface area (Å²) in [6, 6.07) is 11.9. The van der Waals surface area contributed by atoms with Gasteiger partial charge in [0.15, 0.2) is 5.65 Å². The lowest BCUT2D eigenvalue weighted by molar-refractivity contribution is 0.186. The Morgan fingerprint density at radius 1 is 1.20 bits per heavy atom. The monoisotopic (exact) mass is 335 g/mol. The quantitative estimate of drug-likeness (QED) is 0.742. The molecule has 2 amide bonds. The molecule has 0 unspecified atom stereocenters. The van der Waals surface area contributed by atoms with Crippen molar-refractivity contribution in [3.8, 4) is 0 Å². The highest BCUT2D eigenvalue weighted by atomic mass is 16.2. The number of carbonyl (C=O) groups is 1. The van der Waals surface area contributed by atoms with Gasteiger partial charge in [-0.25, -0.2) is 14.3 Å². The Labute approximate surface area is 146 Å². The second-order valence-corrected chi connectivity index (χ2v) is 7.21. The lowest BCUT2D eigenvalue weighted by Crippen LogP contribution is -2.46. The molecule has 0 saturated carbocycles. The molecule has 128 valence electrons. The Morgan fingerprint density at radius 3 is 2.84 bits per heavy atom. The normalized spacial score (nSPS) is 15.9. The highest BCUT2D eigenvalue weighted by Crippen LogP contribution is 2.33. The molecule has 25 heavy (non-hydrogen) atoms. The van der Waals surface area contributed by atoms with E-state index in [1.165, 1.54) is 11.1 Å². The average Bonchev–Trinajstić information content (AvgIpc) is 2.93. The van der Waals surface area contributed by atoms with Crippen molar-refractivity contribution in [1.82, 2.24) is 19.5 Å². The predicted molar refractivity (Wildman–Crippen MR) is 96.6 cm³/mol. The van der Waals surface area contributed by atoms with Crippen LogP contribution in [0.3, 0.4) is 0 Å². The summed E-state index contributed by atoms with van der Waals surface area (Å²) in [4.78, 5) is 18.9. The number of carbonyl (C=O) groups excluding carboxylic acids is 1. The molecule has 6 heteroatoms. The second-order valence-electron chi connectivity index (χ2n) is 7.21. The summed E-state index contributed by atoms with van der Waals surface area (Å²) in [5.74, 6) is 0.706. The van der Waals surface area contributed by atoms with Crippen molar-refractivity contribution in [2.24, 2.45) is 0 Å². The molecule has 0 atom stereocenters. The summed E-state index contributed by atoms with van der Waals surface area (Å²) in [6.07, 6.45) is 1.79. The zero-order valence-corrected chi connectivity index (χ0v) is 14.7. The fourth-order valence-electron chi connectivity index (χ4n) is 3.56. The number of aryl methyl sites for hydroxylation is 1. The Morgan fingerprint density at radius 2 is 2.00 bits per heavy atom. The minimum atomic E-state index is -0.0984. The van der Waals surface area contributed by atoms with E-state index < -0.39 is 0 Å². The van der Waals surface area contributed by atoms with Crippen molar-refractivity contribution in [2.75, 3.05) is 11.9 Å². The first-order valence-corrected chi connectivity index (χ1v) is 8.40. The van der Waals surface area contributed by atoms with Crippen molar-refractivity contribution in [1.29, 1.82) is 0 Å². The van der Waals surface area contributed by atoms with Gasteiger partial charge in [-0.3, -0.25) is 0 Å². The lowest BCUT2D eigenvalue weighted by Gasteiger charge is -2.39. The van der Waals surface area contributed by atoms with E-state index in [9.17, 15) is 4.79 Å². The van der Waals surface area contributed by atoms with Crippen LogP contribution in [0.4, 0.5) is 10.5 Å². The van der Waals surface area contributed by atoms with E-state index in [2.05, 4.69) is 47.4 Å². The SMILES string of the molecule is Cc1nc2ccc(NC(=O)N3Cc4ccccc4C(C)(C)C3)cn2n1. The molecule has 1 aromatic carbocycles. The first-order valence-electron chi connectivity index (χ1n) is 8.40. The van der Waals surface area contributed by atoms with E-state index >= 15 is 0 Å². The third kappa shape index (κ3) is 2.84. The van der Waals surface area contributed by atoms with Crippen molar-refractivity contribution >= 4 is 17.4 Å². The second kappa shape index (κ2) is 5.58. The van der Waals surface area contributed by atoms with Gasteiger partial charge in [-0.05, 0) is 30.2 Å². The summed E-state index contributed by atoms with van der Waals surface area (Å²) in [7, 11) is 0. The number of hydrogen-bond acceptors (Lipinski definition) is 3. The summed E-state index contributed by atoms with van der Waals surface area (Å²) in [5.41, 5.74) is 3.93. The van der Waals surface area contributed by atoms with Crippen LogP contribution in [0.2, 0.25) is 0 Å². The number of rotatable bonds is 1. The van der Waals surface area contributed by atoms with Crippen molar-refractivity contribution in [3.63, 3.8) is 0 Å². The molecule has 0 aliphatic carbocycles. The van der Waals surface area contributed by atoms with Gasteiger partial charge in [-0.1, -0.05) is 38.1 Å². The van der Waals surface area contributed by atoms with Gasteiger partial charge < -0.3 is 10.2 Å². The number of hydrogen-bond donors (Lipinski definition) is 1. The zero-order valence-electron chi connectivity index (χ0n) is 14.7. The van der Waals surface area contributed by atoms with Crippen LogP contribution in [0.25, 0.3) is 5.65 Å². The number of aromatic nitrogens is 3.